The zero-order valence-corrected chi connectivity index (χ0v) is 21.4. The highest BCUT2D eigenvalue weighted by molar-refractivity contribution is 9.14. The number of rotatable bonds is 2. The number of hydrogen-bond acceptors (Lipinski definition) is 3. The van der Waals surface area contributed by atoms with E-state index in [1.807, 2.05) is 18.2 Å². The molecule has 0 atom stereocenters. The van der Waals surface area contributed by atoms with E-state index in [0.29, 0.717) is 14.7 Å². The van der Waals surface area contributed by atoms with Gasteiger partial charge in [0.25, 0.3) is 0 Å². The van der Waals surface area contributed by atoms with E-state index in [1.165, 1.54) is 0 Å². The molecule has 3 rings (SSSR count). The van der Waals surface area contributed by atoms with Crippen molar-refractivity contribution < 1.29 is 15.3 Å². The van der Waals surface area contributed by atoms with Gasteiger partial charge in [-0.2, -0.15) is 0 Å². The van der Waals surface area contributed by atoms with Crippen molar-refractivity contribution in [3.63, 3.8) is 0 Å². The van der Waals surface area contributed by atoms with Crippen molar-refractivity contribution in [3.8, 4) is 17.2 Å². The van der Waals surface area contributed by atoms with Crippen LogP contribution in [0, 0.1) is 0 Å². The summed E-state index contributed by atoms with van der Waals surface area (Å²) in [6.07, 6.45) is 0. The van der Waals surface area contributed by atoms with Crippen LogP contribution in [0.3, 0.4) is 0 Å². The van der Waals surface area contributed by atoms with Gasteiger partial charge in [0.15, 0.2) is 0 Å². The Morgan fingerprint density at radius 1 is 0.607 bits per heavy atom. The third kappa shape index (κ3) is 5.12. The fourth-order valence-corrected chi connectivity index (χ4v) is 5.71. The summed E-state index contributed by atoms with van der Waals surface area (Å²) in [6, 6.07) is 15.8. The maximum absolute atomic E-state index is 10.1. The van der Waals surface area contributed by atoms with Crippen LogP contribution in [-0.4, -0.2) is 15.3 Å². The van der Waals surface area contributed by atoms with Gasteiger partial charge in [-0.3, -0.25) is 0 Å². The zero-order valence-electron chi connectivity index (χ0n) is 15.0. The normalized spacial score (nSPS) is 10.9. The van der Waals surface area contributed by atoms with Crippen LogP contribution in [0.4, 0.5) is 0 Å². The highest BCUT2D eigenvalue weighted by Gasteiger charge is 2.31. The van der Waals surface area contributed by atoms with Crippen LogP contribution in [0.2, 0.25) is 0 Å². The van der Waals surface area contributed by atoms with Gasteiger partial charge in [-0.1, -0.05) is 44.2 Å². The molecule has 0 aliphatic carbocycles. The Labute approximate surface area is 197 Å². The molecule has 0 aliphatic rings. The lowest BCUT2D eigenvalue weighted by atomic mass is 9.78. The van der Waals surface area contributed by atoms with E-state index in [-0.39, 0.29) is 16.9 Å². The fourth-order valence-electron chi connectivity index (χ4n) is 2.62. The molecule has 0 spiro atoms. The number of benzene rings is 3. The number of phenolic OH excluding ortho intramolecular Hbond substituents is 3. The highest BCUT2D eigenvalue weighted by Crippen LogP contribution is 2.51. The lowest BCUT2D eigenvalue weighted by Gasteiger charge is -2.30. The number of hydrogen-bond donors (Lipinski definition) is 3. The van der Waals surface area contributed by atoms with Crippen LogP contribution in [-0.2, 0) is 5.41 Å². The smallest absolute Gasteiger partial charge is 0.146 e. The van der Waals surface area contributed by atoms with E-state index in [2.05, 4.69) is 77.6 Å². The molecule has 0 bridgehead atoms. The average molecular weight is 638 g/mol. The van der Waals surface area contributed by atoms with E-state index < -0.39 is 0 Å². The van der Waals surface area contributed by atoms with Crippen molar-refractivity contribution in [2.45, 2.75) is 19.3 Å². The molecule has 0 amide bonds. The first-order valence-electron chi connectivity index (χ1n) is 8.16. The number of halogens is 4. The summed E-state index contributed by atoms with van der Waals surface area (Å²) in [7, 11) is 0. The van der Waals surface area contributed by atoms with E-state index in [4.69, 9.17) is 5.11 Å². The minimum absolute atomic E-state index is 0.138. The number of phenols is 3. The Hall–Kier alpha value is -1.02. The molecule has 3 aromatic carbocycles. The standard InChI is InChI=1S/C15H12Br4O2.C6H6O/c1-15(2,7-3-5-8(20)6-4-7)9-10(16)12(18)14(21)13(19)11(9)17;7-6-4-2-1-3-5-6/h3-6,20-21H,1-2H3;1-5,7H. The van der Waals surface area contributed by atoms with Crippen molar-refractivity contribution >= 4 is 63.7 Å². The Morgan fingerprint density at radius 3 is 1.43 bits per heavy atom. The van der Waals surface area contributed by atoms with Gasteiger partial charge in [-0.05, 0) is 99.1 Å². The quantitative estimate of drug-likeness (QED) is 0.251. The van der Waals surface area contributed by atoms with Crippen LogP contribution in [0.5, 0.6) is 17.2 Å². The molecule has 3 aromatic rings. The third-order valence-electron chi connectivity index (χ3n) is 4.21. The minimum Gasteiger partial charge on any atom is -0.508 e. The largest absolute Gasteiger partial charge is 0.508 e. The van der Waals surface area contributed by atoms with Crippen molar-refractivity contribution in [3.05, 3.63) is 83.6 Å². The first-order chi connectivity index (χ1) is 13.1. The van der Waals surface area contributed by atoms with Gasteiger partial charge in [0.1, 0.15) is 17.2 Å². The predicted molar refractivity (Wildman–Crippen MR) is 127 cm³/mol. The topological polar surface area (TPSA) is 60.7 Å². The predicted octanol–water partition coefficient (Wildman–Crippen LogP) is 7.87. The van der Waals surface area contributed by atoms with E-state index in [9.17, 15) is 10.2 Å². The summed E-state index contributed by atoms with van der Waals surface area (Å²) in [6.45, 7) is 4.17. The maximum atomic E-state index is 10.1. The Bertz CT molecular complexity index is 927. The van der Waals surface area contributed by atoms with Crippen LogP contribution in [0.25, 0.3) is 0 Å². The van der Waals surface area contributed by atoms with Gasteiger partial charge in [0.05, 0.1) is 8.95 Å². The molecular weight excluding hydrogens is 620 g/mol. The molecule has 0 unspecified atom stereocenters. The molecule has 0 aromatic heterocycles. The van der Waals surface area contributed by atoms with Gasteiger partial charge in [-0.15, -0.1) is 0 Å². The summed E-state index contributed by atoms with van der Waals surface area (Å²) >= 11 is 13.9. The fraction of sp³-hybridized carbons (Fsp3) is 0.143. The van der Waals surface area contributed by atoms with Gasteiger partial charge in [0.2, 0.25) is 0 Å². The molecular formula is C21H18Br4O3. The molecule has 0 heterocycles. The lowest BCUT2D eigenvalue weighted by Crippen LogP contribution is -2.20. The van der Waals surface area contributed by atoms with E-state index >= 15 is 0 Å². The highest BCUT2D eigenvalue weighted by atomic mass is 79.9. The molecule has 0 aliphatic heterocycles. The van der Waals surface area contributed by atoms with E-state index in [0.717, 1.165) is 20.1 Å². The molecule has 28 heavy (non-hydrogen) atoms. The van der Waals surface area contributed by atoms with Gasteiger partial charge in [0, 0.05) is 14.4 Å². The molecule has 0 saturated heterocycles. The second kappa shape index (κ2) is 9.65. The van der Waals surface area contributed by atoms with Gasteiger partial charge in [-0.25, -0.2) is 0 Å². The lowest BCUT2D eigenvalue weighted by molar-refractivity contribution is 0.466. The number of para-hydroxylation sites is 1. The molecule has 0 saturated carbocycles. The Kier molecular flexibility index (Phi) is 8.02. The van der Waals surface area contributed by atoms with Crippen LogP contribution < -0.4 is 0 Å². The molecule has 0 radical (unpaired) electrons. The molecule has 3 nitrogen and oxygen atoms in total. The van der Waals surface area contributed by atoms with Crippen molar-refractivity contribution in [2.75, 3.05) is 0 Å². The summed E-state index contributed by atoms with van der Waals surface area (Å²) in [5, 5.41) is 28.2. The minimum atomic E-state index is -0.343. The Balaban J connectivity index is 0.000000336. The summed E-state index contributed by atoms with van der Waals surface area (Å²) in [5.41, 5.74) is 1.69. The van der Waals surface area contributed by atoms with Gasteiger partial charge >= 0.3 is 0 Å². The van der Waals surface area contributed by atoms with E-state index in [1.54, 1.807) is 36.4 Å². The average Bonchev–Trinajstić information content (AvgIpc) is 2.66. The monoisotopic (exact) mass is 634 g/mol. The van der Waals surface area contributed by atoms with Crippen molar-refractivity contribution in [1.82, 2.24) is 0 Å². The van der Waals surface area contributed by atoms with Gasteiger partial charge < -0.3 is 15.3 Å². The van der Waals surface area contributed by atoms with Crippen molar-refractivity contribution in [2.24, 2.45) is 0 Å². The first kappa shape index (κ1) is 23.3. The van der Waals surface area contributed by atoms with Crippen LogP contribution in [0.1, 0.15) is 25.0 Å². The van der Waals surface area contributed by atoms with Crippen molar-refractivity contribution in [1.29, 1.82) is 0 Å². The maximum Gasteiger partial charge on any atom is 0.146 e. The SMILES string of the molecule is CC(C)(c1ccc(O)cc1)c1c(Br)c(Br)c(O)c(Br)c1Br.Oc1ccccc1. The molecule has 0 fully saturated rings. The Morgan fingerprint density at radius 2 is 1.04 bits per heavy atom. The first-order valence-corrected chi connectivity index (χ1v) is 11.3. The summed E-state index contributed by atoms with van der Waals surface area (Å²) < 4.78 is 2.76. The molecule has 3 N–H and O–H groups in total. The summed E-state index contributed by atoms with van der Waals surface area (Å²) in [4.78, 5) is 0. The molecule has 7 heteroatoms. The second-order valence-corrected chi connectivity index (χ2v) is 9.66. The zero-order chi connectivity index (χ0) is 21.1. The van der Waals surface area contributed by atoms with Crippen LogP contribution in [0.15, 0.2) is 72.5 Å². The third-order valence-corrected chi connectivity index (χ3v) is 8.40. The van der Waals surface area contributed by atoms with Crippen LogP contribution >= 0.6 is 63.7 Å². The number of aromatic hydroxyl groups is 3. The molecule has 148 valence electrons. The summed E-state index contributed by atoms with van der Waals surface area (Å²) in [5.74, 6) is 0.697. The second-order valence-electron chi connectivity index (χ2n) is 6.49.